The molecule has 0 saturated carbocycles. The number of rotatable bonds is 5. The van der Waals surface area contributed by atoms with E-state index >= 15 is 0 Å². The molecule has 1 aliphatic carbocycles. The number of aromatic nitrogens is 2. The first-order valence-corrected chi connectivity index (χ1v) is 8.53. The van der Waals surface area contributed by atoms with Crippen molar-refractivity contribution in [2.45, 2.75) is 31.6 Å². The highest BCUT2D eigenvalue weighted by Gasteiger charge is 2.28. The first kappa shape index (κ1) is 17.3. The Morgan fingerprint density at radius 3 is 3.08 bits per heavy atom. The zero-order valence-electron chi connectivity index (χ0n) is 13.9. The Balaban J connectivity index is 1.61. The Morgan fingerprint density at radius 2 is 2.32 bits per heavy atom. The van der Waals surface area contributed by atoms with Gasteiger partial charge in [-0.15, -0.1) is 0 Å². The third kappa shape index (κ3) is 3.63. The molecule has 0 amide bonds. The third-order valence-electron chi connectivity index (χ3n) is 4.47. The van der Waals surface area contributed by atoms with E-state index in [9.17, 15) is 9.90 Å². The minimum absolute atomic E-state index is 0.0485. The number of carbonyl (C=O) groups excluding carboxylic acids is 1. The number of nitrogens with one attached hydrogen (secondary N) is 1. The maximum Gasteiger partial charge on any atom is 0.339 e. The molecule has 1 aliphatic heterocycles. The molecule has 3 rings (SSSR count). The van der Waals surface area contributed by atoms with Crippen molar-refractivity contribution in [1.82, 2.24) is 9.97 Å². The summed E-state index contributed by atoms with van der Waals surface area (Å²) in [6, 6.07) is 0. The zero-order valence-corrected chi connectivity index (χ0v) is 14.7. The van der Waals surface area contributed by atoms with Gasteiger partial charge in [0.25, 0.3) is 0 Å². The van der Waals surface area contributed by atoms with Crippen molar-refractivity contribution in [2.75, 3.05) is 24.7 Å². The van der Waals surface area contributed by atoms with Gasteiger partial charge in [-0.2, -0.15) is 9.97 Å². The Morgan fingerprint density at radius 1 is 1.52 bits per heavy atom. The molecule has 132 valence electrons. The molecule has 2 aliphatic rings. The number of anilines is 2. The highest BCUT2D eigenvalue weighted by molar-refractivity contribution is 7.81. The second kappa shape index (κ2) is 7.18. The number of fused-ring (bicyclic) bond motifs is 1. The Hall–Kier alpha value is -2.48. The highest BCUT2D eigenvalue weighted by Crippen LogP contribution is 2.39. The van der Waals surface area contributed by atoms with E-state index in [1.54, 1.807) is 0 Å². The molecule has 0 aromatic carbocycles. The molecule has 8 heteroatoms. The number of allylic oxidation sites excluding steroid dienone is 3. The molecule has 4 N–H and O–H groups in total. The van der Waals surface area contributed by atoms with Crippen LogP contribution in [0.5, 0.6) is 5.88 Å². The van der Waals surface area contributed by atoms with Crippen LogP contribution in [0.1, 0.15) is 37.2 Å². The van der Waals surface area contributed by atoms with E-state index in [0.717, 1.165) is 30.4 Å². The fraction of sp³-hybridized carbons (Fsp3) is 0.412. The SMILES string of the molecule is COC(=O)C1=CC(CCCC2CNc3nc(N)nc(O)c32)=CCC1=S. The fourth-order valence-electron chi connectivity index (χ4n) is 3.22. The van der Waals surface area contributed by atoms with Crippen molar-refractivity contribution in [3.8, 4) is 5.88 Å². The van der Waals surface area contributed by atoms with Crippen LogP contribution in [-0.4, -0.2) is 39.6 Å². The van der Waals surface area contributed by atoms with Gasteiger partial charge in [0.2, 0.25) is 11.8 Å². The average Bonchev–Trinajstić information content (AvgIpc) is 2.98. The molecule has 0 fully saturated rings. The van der Waals surface area contributed by atoms with Gasteiger partial charge < -0.3 is 20.9 Å². The van der Waals surface area contributed by atoms with Crippen molar-refractivity contribution in [3.05, 3.63) is 28.9 Å². The minimum Gasteiger partial charge on any atom is -0.493 e. The smallest absolute Gasteiger partial charge is 0.339 e. The van der Waals surface area contributed by atoms with Gasteiger partial charge in [0.15, 0.2) is 0 Å². The van der Waals surface area contributed by atoms with Crippen molar-refractivity contribution >= 4 is 34.8 Å². The van der Waals surface area contributed by atoms with Gasteiger partial charge in [-0.1, -0.05) is 23.9 Å². The van der Waals surface area contributed by atoms with Crippen LogP contribution in [0.2, 0.25) is 0 Å². The fourth-order valence-corrected chi connectivity index (χ4v) is 3.45. The summed E-state index contributed by atoms with van der Waals surface area (Å²) < 4.78 is 4.77. The lowest BCUT2D eigenvalue weighted by Gasteiger charge is -2.15. The molecule has 0 spiro atoms. The van der Waals surface area contributed by atoms with E-state index in [0.29, 0.717) is 29.2 Å². The predicted octanol–water partition coefficient (Wildman–Crippen LogP) is 2.24. The summed E-state index contributed by atoms with van der Waals surface area (Å²) in [4.78, 5) is 20.3. The van der Waals surface area contributed by atoms with Crippen LogP contribution >= 0.6 is 12.2 Å². The quantitative estimate of drug-likeness (QED) is 0.542. The molecule has 1 aromatic rings. The lowest BCUT2D eigenvalue weighted by molar-refractivity contribution is -0.135. The van der Waals surface area contributed by atoms with E-state index in [1.165, 1.54) is 7.11 Å². The molecule has 2 heterocycles. The van der Waals surface area contributed by atoms with E-state index in [4.69, 9.17) is 22.7 Å². The zero-order chi connectivity index (χ0) is 18.0. The van der Waals surface area contributed by atoms with Gasteiger partial charge in [-0.25, -0.2) is 4.79 Å². The number of hydrogen-bond acceptors (Lipinski definition) is 8. The third-order valence-corrected chi connectivity index (χ3v) is 4.86. The lowest BCUT2D eigenvalue weighted by Crippen LogP contribution is -2.15. The molecule has 0 bridgehead atoms. The number of nitrogens with two attached hydrogens (primary N) is 1. The number of esters is 1. The van der Waals surface area contributed by atoms with Crippen LogP contribution in [0.4, 0.5) is 11.8 Å². The largest absolute Gasteiger partial charge is 0.493 e. The summed E-state index contributed by atoms with van der Waals surface area (Å²) in [5.41, 5.74) is 7.84. The van der Waals surface area contributed by atoms with Crippen LogP contribution < -0.4 is 11.1 Å². The average molecular weight is 360 g/mol. The van der Waals surface area contributed by atoms with Crippen LogP contribution in [0.15, 0.2) is 23.3 Å². The standard InChI is InChI=1S/C17H20N4O3S/c1-24-16(23)11-7-9(5-6-12(11)25)3-2-4-10-8-19-14-13(10)15(22)21-17(18)20-14/h5,7,10H,2-4,6,8H2,1H3,(H4,18,19,20,21,22). The second-order valence-electron chi connectivity index (χ2n) is 6.09. The Bertz CT molecular complexity index is 788. The summed E-state index contributed by atoms with van der Waals surface area (Å²) in [5, 5.41) is 13.2. The van der Waals surface area contributed by atoms with Gasteiger partial charge in [-0.3, -0.25) is 0 Å². The van der Waals surface area contributed by atoms with Gasteiger partial charge >= 0.3 is 5.97 Å². The predicted molar refractivity (Wildman–Crippen MR) is 98.6 cm³/mol. The van der Waals surface area contributed by atoms with Crippen LogP contribution in [0.25, 0.3) is 0 Å². The van der Waals surface area contributed by atoms with Crippen molar-refractivity contribution in [3.63, 3.8) is 0 Å². The summed E-state index contributed by atoms with van der Waals surface area (Å²) >= 11 is 5.22. The molecule has 0 radical (unpaired) electrons. The van der Waals surface area contributed by atoms with Crippen LogP contribution in [0, 0.1) is 0 Å². The number of carbonyl (C=O) groups is 1. The summed E-state index contributed by atoms with van der Waals surface area (Å²) in [6.45, 7) is 0.702. The van der Waals surface area contributed by atoms with Crippen molar-refractivity contribution in [2.24, 2.45) is 0 Å². The van der Waals surface area contributed by atoms with Crippen molar-refractivity contribution < 1.29 is 14.6 Å². The highest BCUT2D eigenvalue weighted by atomic mass is 32.1. The Labute approximate surface area is 151 Å². The minimum atomic E-state index is -0.385. The number of hydrogen-bond donors (Lipinski definition) is 3. The van der Waals surface area contributed by atoms with E-state index in [1.807, 2.05) is 6.08 Å². The summed E-state index contributed by atoms with van der Waals surface area (Å²) in [5.74, 6) is 0.389. The maximum absolute atomic E-state index is 11.7. The van der Waals surface area contributed by atoms with Gasteiger partial charge in [0.05, 0.1) is 18.2 Å². The molecular weight excluding hydrogens is 340 g/mol. The Kier molecular flexibility index (Phi) is 4.98. The van der Waals surface area contributed by atoms with E-state index in [2.05, 4.69) is 21.4 Å². The number of thiocarbonyl (C=S) groups is 1. The monoisotopic (exact) mass is 360 g/mol. The molecule has 1 unspecified atom stereocenters. The van der Waals surface area contributed by atoms with E-state index in [-0.39, 0.29) is 23.7 Å². The second-order valence-corrected chi connectivity index (χ2v) is 6.59. The number of methoxy groups -OCH3 is 1. The van der Waals surface area contributed by atoms with Gasteiger partial charge in [0, 0.05) is 23.7 Å². The van der Waals surface area contributed by atoms with Crippen LogP contribution in [-0.2, 0) is 9.53 Å². The molecule has 1 atom stereocenters. The topological polar surface area (TPSA) is 110 Å². The summed E-state index contributed by atoms with van der Waals surface area (Å²) in [6.07, 6.45) is 7.05. The molecule has 25 heavy (non-hydrogen) atoms. The molecule has 0 saturated heterocycles. The number of ether oxygens (including phenoxy) is 1. The normalized spacial score (nSPS) is 18.9. The molecular formula is C17H20N4O3S. The maximum atomic E-state index is 11.7. The summed E-state index contributed by atoms with van der Waals surface area (Å²) in [7, 11) is 1.36. The van der Waals surface area contributed by atoms with Crippen molar-refractivity contribution in [1.29, 1.82) is 0 Å². The van der Waals surface area contributed by atoms with Crippen LogP contribution in [0.3, 0.4) is 0 Å². The first-order chi connectivity index (χ1) is 12.0. The van der Waals surface area contributed by atoms with E-state index < -0.39 is 0 Å². The van der Waals surface area contributed by atoms with Gasteiger partial charge in [-0.05, 0) is 25.3 Å². The van der Waals surface area contributed by atoms with Gasteiger partial charge in [0.1, 0.15) is 5.82 Å². The number of aromatic hydroxyl groups is 1. The lowest BCUT2D eigenvalue weighted by atomic mass is 9.92. The molecule has 1 aromatic heterocycles. The number of nitrogens with zero attached hydrogens (tertiary/aromatic N) is 2. The number of nitrogen functional groups attached to an aromatic ring is 1. The molecule has 7 nitrogen and oxygen atoms in total. The first-order valence-electron chi connectivity index (χ1n) is 8.12.